The van der Waals surface area contributed by atoms with Gasteiger partial charge in [-0.05, 0) is 25.1 Å². The molecule has 2 aromatic heterocycles. The van der Waals surface area contributed by atoms with Crippen molar-refractivity contribution in [3.05, 3.63) is 17.2 Å². The molecule has 0 saturated heterocycles. The Labute approximate surface area is 128 Å². The van der Waals surface area contributed by atoms with Gasteiger partial charge in [0.1, 0.15) is 5.69 Å². The number of aryl methyl sites for hydroxylation is 1. The molecule has 0 spiro atoms. The summed E-state index contributed by atoms with van der Waals surface area (Å²) in [4.78, 5) is 8.62. The van der Waals surface area contributed by atoms with E-state index in [1.165, 1.54) is 19.3 Å². The van der Waals surface area contributed by atoms with E-state index in [-0.39, 0.29) is 0 Å². The van der Waals surface area contributed by atoms with E-state index in [0.717, 1.165) is 23.4 Å². The Morgan fingerprint density at radius 2 is 2.00 bits per heavy atom. The molecule has 1 aliphatic carbocycles. The van der Waals surface area contributed by atoms with Crippen LogP contribution in [0.1, 0.15) is 38.1 Å². The Kier molecular flexibility index (Phi) is 4.01. The van der Waals surface area contributed by atoms with Gasteiger partial charge < -0.3 is 4.74 Å². The fourth-order valence-corrected chi connectivity index (χ4v) is 3.15. The Morgan fingerprint density at radius 3 is 2.71 bits per heavy atom. The van der Waals surface area contributed by atoms with Gasteiger partial charge in [-0.1, -0.05) is 19.3 Å². The number of nitrogens with zero attached hydrogens (tertiary/aromatic N) is 5. The number of aromatic nitrogens is 5. The molecule has 0 amide bonds. The van der Waals surface area contributed by atoms with Gasteiger partial charge in [0.25, 0.3) is 0 Å². The van der Waals surface area contributed by atoms with E-state index >= 15 is 0 Å². The number of hydrogen-bond donors (Lipinski definition) is 0. The third-order valence-corrected chi connectivity index (χ3v) is 4.41. The molecule has 3 rings (SSSR count). The van der Waals surface area contributed by atoms with Crippen molar-refractivity contribution in [1.29, 1.82) is 0 Å². The molecule has 0 unspecified atom stereocenters. The number of hydrogen-bond acceptors (Lipinski definition) is 5. The van der Waals surface area contributed by atoms with Gasteiger partial charge >= 0.3 is 0 Å². The SMILES string of the molecule is COc1cncc(-c2nn(C)c(=S)n2C2CCCCC2)n1. The van der Waals surface area contributed by atoms with Crippen LogP contribution in [-0.2, 0) is 7.05 Å². The minimum absolute atomic E-state index is 0.406. The van der Waals surface area contributed by atoms with E-state index in [4.69, 9.17) is 17.0 Å². The summed E-state index contributed by atoms with van der Waals surface area (Å²) in [6.07, 6.45) is 9.37. The first-order valence-electron chi connectivity index (χ1n) is 7.22. The molecule has 1 saturated carbocycles. The van der Waals surface area contributed by atoms with Gasteiger partial charge in [-0.3, -0.25) is 9.55 Å². The monoisotopic (exact) mass is 305 g/mol. The summed E-state index contributed by atoms with van der Waals surface area (Å²) < 4.78 is 9.77. The Hall–Kier alpha value is -1.76. The molecular weight excluding hydrogens is 286 g/mol. The molecule has 7 heteroatoms. The van der Waals surface area contributed by atoms with Gasteiger partial charge in [-0.25, -0.2) is 9.67 Å². The summed E-state index contributed by atoms with van der Waals surface area (Å²) in [5.41, 5.74) is 0.701. The van der Waals surface area contributed by atoms with Gasteiger partial charge in [0.15, 0.2) is 10.6 Å². The van der Waals surface area contributed by atoms with Crippen molar-refractivity contribution >= 4 is 12.2 Å². The molecule has 0 bridgehead atoms. The molecular formula is C14H19N5OS. The second kappa shape index (κ2) is 5.93. The zero-order valence-corrected chi connectivity index (χ0v) is 13.1. The fourth-order valence-electron chi connectivity index (χ4n) is 2.88. The molecule has 0 aromatic carbocycles. The van der Waals surface area contributed by atoms with Crippen molar-refractivity contribution in [2.75, 3.05) is 7.11 Å². The van der Waals surface area contributed by atoms with Crippen molar-refractivity contribution in [2.24, 2.45) is 7.05 Å². The lowest BCUT2D eigenvalue weighted by Crippen LogP contribution is -2.14. The normalized spacial score (nSPS) is 16.1. The summed E-state index contributed by atoms with van der Waals surface area (Å²) in [7, 11) is 3.46. The summed E-state index contributed by atoms with van der Waals surface area (Å²) >= 11 is 5.54. The van der Waals surface area contributed by atoms with E-state index in [0.29, 0.717) is 17.6 Å². The lowest BCUT2D eigenvalue weighted by atomic mass is 9.95. The molecule has 0 aliphatic heterocycles. The molecule has 0 N–H and O–H groups in total. The zero-order chi connectivity index (χ0) is 14.8. The molecule has 0 radical (unpaired) electrons. The second-order valence-corrected chi connectivity index (χ2v) is 5.70. The van der Waals surface area contributed by atoms with Gasteiger partial charge in [-0.2, -0.15) is 5.10 Å². The smallest absolute Gasteiger partial charge is 0.232 e. The molecule has 1 fully saturated rings. The topological polar surface area (TPSA) is 57.8 Å². The standard InChI is InChI=1S/C14H19N5OS/c1-18-14(21)19(10-6-4-3-5-7-10)13(17-18)11-8-15-9-12(16-11)20-2/h8-10H,3-7H2,1-2H3. The number of methoxy groups -OCH3 is 1. The first-order chi connectivity index (χ1) is 10.2. The van der Waals surface area contributed by atoms with E-state index in [1.54, 1.807) is 24.2 Å². The minimum Gasteiger partial charge on any atom is -0.480 e. The maximum atomic E-state index is 5.54. The maximum Gasteiger partial charge on any atom is 0.232 e. The quantitative estimate of drug-likeness (QED) is 0.816. The van der Waals surface area contributed by atoms with Crippen LogP contribution in [0.25, 0.3) is 11.5 Å². The zero-order valence-electron chi connectivity index (χ0n) is 12.3. The van der Waals surface area contributed by atoms with Crippen LogP contribution in [0.15, 0.2) is 12.4 Å². The first-order valence-corrected chi connectivity index (χ1v) is 7.63. The molecule has 0 atom stereocenters. The predicted molar refractivity (Wildman–Crippen MR) is 81.7 cm³/mol. The molecule has 1 aliphatic rings. The van der Waals surface area contributed by atoms with E-state index in [1.807, 2.05) is 7.05 Å². The third-order valence-electron chi connectivity index (χ3n) is 3.95. The van der Waals surface area contributed by atoms with Crippen LogP contribution >= 0.6 is 12.2 Å². The molecule has 6 nitrogen and oxygen atoms in total. The van der Waals surface area contributed by atoms with Crippen LogP contribution in [0.2, 0.25) is 0 Å². The molecule has 2 aromatic rings. The minimum atomic E-state index is 0.406. The average molecular weight is 305 g/mol. The number of ether oxygens (including phenoxy) is 1. The van der Waals surface area contributed by atoms with Crippen LogP contribution in [0.3, 0.4) is 0 Å². The second-order valence-electron chi connectivity index (χ2n) is 5.34. The predicted octanol–water partition coefficient (Wildman–Crippen LogP) is 2.92. The highest BCUT2D eigenvalue weighted by Gasteiger charge is 2.22. The van der Waals surface area contributed by atoms with Crippen LogP contribution < -0.4 is 4.74 Å². The number of rotatable bonds is 3. The molecule has 2 heterocycles. The summed E-state index contributed by atoms with van der Waals surface area (Å²) in [6, 6.07) is 0.406. The van der Waals surface area contributed by atoms with Gasteiger partial charge in [0.05, 0.1) is 19.5 Å². The van der Waals surface area contributed by atoms with Crippen LogP contribution in [0.4, 0.5) is 0 Å². The van der Waals surface area contributed by atoms with E-state index in [2.05, 4.69) is 19.6 Å². The average Bonchev–Trinajstić information content (AvgIpc) is 2.84. The summed E-state index contributed by atoms with van der Waals surface area (Å²) in [5, 5.41) is 4.55. The highest BCUT2D eigenvalue weighted by Crippen LogP contribution is 2.32. The maximum absolute atomic E-state index is 5.54. The highest BCUT2D eigenvalue weighted by molar-refractivity contribution is 7.71. The van der Waals surface area contributed by atoms with Crippen LogP contribution in [0, 0.1) is 4.77 Å². The van der Waals surface area contributed by atoms with Crippen molar-refractivity contribution in [2.45, 2.75) is 38.1 Å². The summed E-state index contributed by atoms with van der Waals surface area (Å²) in [5.74, 6) is 1.26. The van der Waals surface area contributed by atoms with Crippen molar-refractivity contribution in [1.82, 2.24) is 24.3 Å². The van der Waals surface area contributed by atoms with Gasteiger partial charge in [0, 0.05) is 13.1 Å². The molecule has 112 valence electrons. The lowest BCUT2D eigenvalue weighted by molar-refractivity contribution is 0.350. The lowest BCUT2D eigenvalue weighted by Gasteiger charge is -2.23. The first kappa shape index (κ1) is 14.2. The molecule has 21 heavy (non-hydrogen) atoms. The fraction of sp³-hybridized carbons (Fsp3) is 0.571. The van der Waals surface area contributed by atoms with E-state index in [9.17, 15) is 0 Å². The summed E-state index contributed by atoms with van der Waals surface area (Å²) in [6.45, 7) is 0. The Morgan fingerprint density at radius 1 is 1.24 bits per heavy atom. The third kappa shape index (κ3) is 2.70. The van der Waals surface area contributed by atoms with Crippen molar-refractivity contribution < 1.29 is 4.74 Å². The Balaban J connectivity index is 2.09. The largest absolute Gasteiger partial charge is 0.480 e. The van der Waals surface area contributed by atoms with Crippen LogP contribution in [-0.4, -0.2) is 31.4 Å². The van der Waals surface area contributed by atoms with Gasteiger partial charge in [0.2, 0.25) is 5.88 Å². The van der Waals surface area contributed by atoms with Crippen molar-refractivity contribution in [3.8, 4) is 17.4 Å². The van der Waals surface area contributed by atoms with E-state index < -0.39 is 0 Å². The van der Waals surface area contributed by atoms with Crippen LogP contribution in [0.5, 0.6) is 5.88 Å². The Bertz CT molecular complexity index is 687. The van der Waals surface area contributed by atoms with Gasteiger partial charge in [-0.15, -0.1) is 0 Å². The highest BCUT2D eigenvalue weighted by atomic mass is 32.1. The van der Waals surface area contributed by atoms with Crippen molar-refractivity contribution in [3.63, 3.8) is 0 Å².